The van der Waals surface area contributed by atoms with Crippen molar-refractivity contribution in [3.8, 4) is 6.01 Å². The van der Waals surface area contributed by atoms with Gasteiger partial charge < -0.3 is 9.64 Å². The molecule has 5 heteroatoms. The van der Waals surface area contributed by atoms with Gasteiger partial charge >= 0.3 is 12.1 Å². The molecule has 0 N–H and O–H groups in total. The third-order valence-corrected chi connectivity index (χ3v) is 1.09. The molecule has 1 aromatic rings. The standard InChI is InChI=1S/C7H9N3O2/c1-10(2)7(11)12-6-8-4-3-5-9-6/h3-5H,1-2H3. The summed E-state index contributed by atoms with van der Waals surface area (Å²) in [5.74, 6) is 0. The van der Waals surface area contributed by atoms with Crippen molar-refractivity contribution >= 4 is 6.09 Å². The lowest BCUT2D eigenvalue weighted by Crippen LogP contribution is -2.25. The molecule has 0 bridgehead atoms. The van der Waals surface area contributed by atoms with Gasteiger partial charge in [0.1, 0.15) is 0 Å². The number of carbonyl (C=O) groups is 1. The van der Waals surface area contributed by atoms with E-state index in [1.807, 2.05) is 0 Å². The Hall–Kier alpha value is -1.65. The maximum absolute atomic E-state index is 10.9. The van der Waals surface area contributed by atoms with Gasteiger partial charge in [-0.1, -0.05) is 0 Å². The van der Waals surface area contributed by atoms with Crippen molar-refractivity contribution in [2.45, 2.75) is 0 Å². The van der Waals surface area contributed by atoms with Crippen molar-refractivity contribution in [1.29, 1.82) is 0 Å². The second-order valence-corrected chi connectivity index (χ2v) is 2.29. The molecule has 12 heavy (non-hydrogen) atoms. The minimum Gasteiger partial charge on any atom is -0.374 e. The van der Waals surface area contributed by atoms with Crippen LogP contribution in [0.2, 0.25) is 0 Å². The van der Waals surface area contributed by atoms with E-state index in [4.69, 9.17) is 4.74 Å². The SMILES string of the molecule is CN(C)C(=O)Oc1ncccn1. The van der Waals surface area contributed by atoms with E-state index < -0.39 is 6.09 Å². The minimum atomic E-state index is -0.485. The number of hydrogen-bond acceptors (Lipinski definition) is 4. The lowest BCUT2D eigenvalue weighted by Gasteiger charge is -2.08. The van der Waals surface area contributed by atoms with Crippen molar-refractivity contribution in [3.63, 3.8) is 0 Å². The highest BCUT2D eigenvalue weighted by Crippen LogP contribution is 1.98. The number of ether oxygens (including phenoxy) is 1. The van der Waals surface area contributed by atoms with E-state index in [0.717, 1.165) is 0 Å². The number of aromatic nitrogens is 2. The van der Waals surface area contributed by atoms with Crippen LogP contribution in [0.3, 0.4) is 0 Å². The van der Waals surface area contributed by atoms with Crippen LogP contribution in [0.15, 0.2) is 18.5 Å². The molecule has 1 aromatic heterocycles. The van der Waals surface area contributed by atoms with Gasteiger partial charge in [0, 0.05) is 26.5 Å². The Morgan fingerprint density at radius 1 is 1.42 bits per heavy atom. The minimum absolute atomic E-state index is 0.0659. The van der Waals surface area contributed by atoms with Gasteiger partial charge in [0.25, 0.3) is 0 Å². The zero-order chi connectivity index (χ0) is 8.97. The summed E-state index contributed by atoms with van der Waals surface area (Å²) in [7, 11) is 3.18. The van der Waals surface area contributed by atoms with Gasteiger partial charge in [-0.15, -0.1) is 0 Å². The summed E-state index contributed by atoms with van der Waals surface area (Å²) in [6.45, 7) is 0. The third-order valence-electron chi connectivity index (χ3n) is 1.09. The predicted octanol–water partition coefficient (Wildman–Crippen LogP) is 0.537. The van der Waals surface area contributed by atoms with Gasteiger partial charge in [0.15, 0.2) is 0 Å². The van der Waals surface area contributed by atoms with E-state index >= 15 is 0 Å². The molecular formula is C7H9N3O2. The largest absolute Gasteiger partial charge is 0.417 e. The quantitative estimate of drug-likeness (QED) is 0.612. The molecule has 1 heterocycles. The van der Waals surface area contributed by atoms with Gasteiger partial charge in [-0.05, 0) is 6.07 Å². The third kappa shape index (κ3) is 2.19. The summed E-state index contributed by atoms with van der Waals surface area (Å²) in [6.07, 6.45) is 2.53. The molecule has 0 aliphatic carbocycles. The molecule has 1 rings (SSSR count). The van der Waals surface area contributed by atoms with Crippen molar-refractivity contribution in [1.82, 2.24) is 14.9 Å². The van der Waals surface area contributed by atoms with E-state index in [9.17, 15) is 4.79 Å². The predicted molar refractivity (Wildman–Crippen MR) is 41.7 cm³/mol. The lowest BCUT2D eigenvalue weighted by atomic mass is 10.7. The Morgan fingerprint density at radius 2 is 2.00 bits per heavy atom. The van der Waals surface area contributed by atoms with E-state index in [1.165, 1.54) is 17.3 Å². The summed E-state index contributed by atoms with van der Waals surface area (Å²) >= 11 is 0. The highest BCUT2D eigenvalue weighted by Gasteiger charge is 2.06. The van der Waals surface area contributed by atoms with E-state index in [2.05, 4.69) is 9.97 Å². The van der Waals surface area contributed by atoms with E-state index in [1.54, 1.807) is 20.2 Å². The first-order chi connectivity index (χ1) is 5.70. The zero-order valence-electron chi connectivity index (χ0n) is 6.89. The molecule has 0 unspecified atom stereocenters. The Morgan fingerprint density at radius 3 is 2.50 bits per heavy atom. The fraction of sp³-hybridized carbons (Fsp3) is 0.286. The highest BCUT2D eigenvalue weighted by atomic mass is 16.6. The number of carbonyl (C=O) groups excluding carboxylic acids is 1. The summed E-state index contributed by atoms with van der Waals surface area (Å²) < 4.78 is 4.74. The van der Waals surface area contributed by atoms with Crippen LogP contribution in [0.4, 0.5) is 4.79 Å². The van der Waals surface area contributed by atoms with E-state index in [-0.39, 0.29) is 6.01 Å². The Labute approximate surface area is 70.0 Å². The molecule has 0 radical (unpaired) electrons. The van der Waals surface area contributed by atoms with Crippen LogP contribution in [-0.2, 0) is 0 Å². The molecule has 1 amide bonds. The smallest absolute Gasteiger partial charge is 0.374 e. The van der Waals surface area contributed by atoms with Crippen molar-refractivity contribution in [2.75, 3.05) is 14.1 Å². The number of rotatable bonds is 1. The van der Waals surface area contributed by atoms with Crippen LogP contribution < -0.4 is 4.74 Å². The molecule has 64 valence electrons. The highest BCUT2D eigenvalue weighted by molar-refractivity contribution is 5.68. The van der Waals surface area contributed by atoms with Gasteiger partial charge in [0.2, 0.25) is 0 Å². The number of nitrogens with zero attached hydrogens (tertiary/aromatic N) is 3. The molecule has 0 fully saturated rings. The number of amides is 1. The summed E-state index contributed by atoms with van der Waals surface area (Å²) in [5, 5.41) is 0. The van der Waals surface area contributed by atoms with Crippen LogP contribution in [0.25, 0.3) is 0 Å². The fourth-order valence-electron chi connectivity index (χ4n) is 0.507. The first kappa shape index (κ1) is 8.45. The summed E-state index contributed by atoms with van der Waals surface area (Å²) in [4.78, 5) is 19.7. The van der Waals surface area contributed by atoms with Crippen LogP contribution in [0.1, 0.15) is 0 Å². The van der Waals surface area contributed by atoms with Crippen molar-refractivity contribution in [2.24, 2.45) is 0 Å². The summed E-state index contributed by atoms with van der Waals surface area (Å²) in [5.41, 5.74) is 0. The van der Waals surface area contributed by atoms with Crippen molar-refractivity contribution < 1.29 is 9.53 Å². The monoisotopic (exact) mass is 167 g/mol. The van der Waals surface area contributed by atoms with Gasteiger partial charge in [-0.3, -0.25) is 0 Å². The van der Waals surface area contributed by atoms with Crippen LogP contribution in [-0.4, -0.2) is 35.1 Å². The summed E-state index contributed by atoms with van der Waals surface area (Å²) in [6, 6.07) is 1.71. The first-order valence-electron chi connectivity index (χ1n) is 3.36. The Kier molecular flexibility index (Phi) is 2.57. The molecule has 0 atom stereocenters. The fourth-order valence-corrected chi connectivity index (χ4v) is 0.507. The molecule has 0 aliphatic rings. The maximum atomic E-state index is 10.9. The van der Waals surface area contributed by atoms with Crippen LogP contribution >= 0.6 is 0 Å². The van der Waals surface area contributed by atoms with Gasteiger partial charge in [-0.25, -0.2) is 14.8 Å². The van der Waals surface area contributed by atoms with Crippen LogP contribution in [0, 0.1) is 0 Å². The normalized spacial score (nSPS) is 9.17. The molecule has 0 aromatic carbocycles. The van der Waals surface area contributed by atoms with Gasteiger partial charge in [0.05, 0.1) is 0 Å². The molecule has 0 spiro atoms. The second-order valence-electron chi connectivity index (χ2n) is 2.29. The maximum Gasteiger partial charge on any atom is 0.417 e. The zero-order valence-corrected chi connectivity index (χ0v) is 6.89. The molecule has 0 saturated heterocycles. The molecular weight excluding hydrogens is 158 g/mol. The average Bonchev–Trinajstić information content (AvgIpc) is 2.06. The molecule has 5 nitrogen and oxygen atoms in total. The Bertz CT molecular complexity index is 261. The second kappa shape index (κ2) is 3.66. The van der Waals surface area contributed by atoms with Crippen LogP contribution in [0.5, 0.6) is 6.01 Å². The molecule has 0 aliphatic heterocycles. The molecule has 0 saturated carbocycles. The average molecular weight is 167 g/mol. The van der Waals surface area contributed by atoms with E-state index in [0.29, 0.717) is 0 Å². The van der Waals surface area contributed by atoms with Gasteiger partial charge in [-0.2, -0.15) is 0 Å². The number of hydrogen-bond donors (Lipinski definition) is 0. The van der Waals surface area contributed by atoms with Crippen molar-refractivity contribution in [3.05, 3.63) is 18.5 Å². The topological polar surface area (TPSA) is 55.3 Å². The Balaban J connectivity index is 2.59. The lowest BCUT2D eigenvalue weighted by molar-refractivity contribution is 0.168. The first-order valence-corrected chi connectivity index (χ1v) is 3.36.